The van der Waals surface area contributed by atoms with Crippen LogP contribution >= 0.6 is 11.3 Å². The molecular weight excluding hydrogens is 270 g/mol. The Morgan fingerprint density at radius 2 is 2.10 bits per heavy atom. The molecule has 2 atom stereocenters. The van der Waals surface area contributed by atoms with Crippen molar-refractivity contribution in [2.45, 2.75) is 65.3 Å². The Labute approximate surface area is 127 Å². The number of ether oxygens (including phenoxy) is 1. The maximum atomic E-state index is 10.2. The van der Waals surface area contributed by atoms with Gasteiger partial charge in [-0.2, -0.15) is 11.3 Å². The van der Waals surface area contributed by atoms with Crippen LogP contribution in [0.1, 0.15) is 46.6 Å². The highest BCUT2D eigenvalue weighted by atomic mass is 32.1. The number of thiophene rings is 1. The summed E-state index contributed by atoms with van der Waals surface area (Å²) in [5.74, 6) is 0. The fourth-order valence-corrected chi connectivity index (χ4v) is 2.61. The van der Waals surface area contributed by atoms with E-state index in [1.807, 2.05) is 20.8 Å². The van der Waals surface area contributed by atoms with Crippen LogP contribution < -0.4 is 0 Å². The molecule has 3 nitrogen and oxygen atoms in total. The van der Waals surface area contributed by atoms with Gasteiger partial charge in [0.15, 0.2) is 0 Å². The molecule has 0 spiro atoms. The van der Waals surface area contributed by atoms with Crippen LogP contribution in [-0.2, 0) is 11.3 Å². The van der Waals surface area contributed by atoms with Crippen LogP contribution in [0, 0.1) is 0 Å². The molecule has 0 saturated heterocycles. The zero-order valence-corrected chi connectivity index (χ0v) is 14.2. The summed E-state index contributed by atoms with van der Waals surface area (Å²) in [6.45, 7) is 12.4. The highest BCUT2D eigenvalue weighted by Gasteiger charge is 2.19. The van der Waals surface area contributed by atoms with Gasteiger partial charge in [-0.15, -0.1) is 0 Å². The third-order valence-corrected chi connectivity index (χ3v) is 4.07. The maximum Gasteiger partial charge on any atom is 0.0900 e. The second-order valence-corrected chi connectivity index (χ2v) is 7.18. The lowest BCUT2D eigenvalue weighted by Crippen LogP contribution is -2.40. The first-order chi connectivity index (χ1) is 9.31. The van der Waals surface area contributed by atoms with Gasteiger partial charge in [-0.25, -0.2) is 0 Å². The fourth-order valence-electron chi connectivity index (χ4n) is 1.95. The number of aliphatic hydroxyl groups is 1. The molecule has 1 aromatic heterocycles. The molecule has 0 saturated carbocycles. The molecule has 0 aliphatic carbocycles. The van der Waals surface area contributed by atoms with Gasteiger partial charge in [-0.05, 0) is 56.5 Å². The van der Waals surface area contributed by atoms with E-state index >= 15 is 0 Å². The third-order valence-electron chi connectivity index (χ3n) is 3.33. The number of aliphatic hydroxyl groups excluding tert-OH is 1. The Morgan fingerprint density at radius 3 is 2.60 bits per heavy atom. The van der Waals surface area contributed by atoms with Crippen LogP contribution in [0.25, 0.3) is 0 Å². The smallest absolute Gasteiger partial charge is 0.0900 e. The summed E-state index contributed by atoms with van der Waals surface area (Å²) in [4.78, 5) is 2.33. The molecule has 0 amide bonds. The molecule has 0 fully saturated rings. The Kier molecular flexibility index (Phi) is 7.17. The van der Waals surface area contributed by atoms with Crippen LogP contribution in [-0.4, -0.2) is 40.9 Å². The molecule has 0 radical (unpaired) electrons. The summed E-state index contributed by atoms with van der Waals surface area (Å²) < 4.78 is 5.67. The van der Waals surface area contributed by atoms with Gasteiger partial charge in [-0.1, -0.05) is 6.92 Å². The number of hydrogen-bond donors (Lipinski definition) is 1. The first-order valence-corrected chi connectivity index (χ1v) is 8.33. The maximum absolute atomic E-state index is 10.2. The van der Waals surface area contributed by atoms with E-state index in [0.717, 1.165) is 13.0 Å². The largest absolute Gasteiger partial charge is 0.389 e. The third kappa shape index (κ3) is 6.84. The van der Waals surface area contributed by atoms with E-state index in [1.54, 1.807) is 11.3 Å². The predicted octanol–water partition coefficient (Wildman–Crippen LogP) is 3.52. The Bertz CT molecular complexity index is 359. The van der Waals surface area contributed by atoms with Crippen LogP contribution in [0.3, 0.4) is 0 Å². The summed E-state index contributed by atoms with van der Waals surface area (Å²) in [5, 5.41) is 14.5. The van der Waals surface area contributed by atoms with E-state index in [0.29, 0.717) is 19.2 Å². The summed E-state index contributed by atoms with van der Waals surface area (Å²) in [6.07, 6.45) is 0.638. The van der Waals surface area contributed by atoms with Gasteiger partial charge in [0.05, 0.1) is 18.3 Å². The summed E-state index contributed by atoms with van der Waals surface area (Å²) in [6, 6.07) is 2.61. The number of hydrogen-bond acceptors (Lipinski definition) is 4. The molecule has 1 N–H and O–H groups in total. The summed E-state index contributed by atoms with van der Waals surface area (Å²) >= 11 is 1.72. The normalized spacial score (nSPS) is 15.6. The Hall–Kier alpha value is -0.420. The van der Waals surface area contributed by atoms with Gasteiger partial charge in [0.2, 0.25) is 0 Å². The van der Waals surface area contributed by atoms with E-state index in [1.165, 1.54) is 5.56 Å². The second-order valence-electron chi connectivity index (χ2n) is 6.40. The lowest BCUT2D eigenvalue weighted by molar-refractivity contribution is -0.0593. The molecule has 0 bridgehead atoms. The van der Waals surface area contributed by atoms with Gasteiger partial charge in [0, 0.05) is 19.1 Å². The van der Waals surface area contributed by atoms with Crippen molar-refractivity contribution in [3.63, 3.8) is 0 Å². The van der Waals surface area contributed by atoms with Crippen molar-refractivity contribution in [2.24, 2.45) is 0 Å². The van der Waals surface area contributed by atoms with E-state index in [-0.39, 0.29) is 5.60 Å². The van der Waals surface area contributed by atoms with Crippen molar-refractivity contribution in [3.8, 4) is 0 Å². The minimum Gasteiger partial charge on any atom is -0.389 e. The minimum atomic E-state index is -0.443. The van der Waals surface area contributed by atoms with Crippen LogP contribution in [0.4, 0.5) is 0 Å². The number of rotatable bonds is 8. The van der Waals surface area contributed by atoms with Crippen molar-refractivity contribution in [2.75, 3.05) is 13.2 Å². The average Bonchev–Trinajstić information content (AvgIpc) is 2.86. The molecule has 4 heteroatoms. The van der Waals surface area contributed by atoms with Crippen molar-refractivity contribution in [3.05, 3.63) is 22.4 Å². The molecule has 116 valence electrons. The quantitative estimate of drug-likeness (QED) is 0.797. The van der Waals surface area contributed by atoms with E-state index < -0.39 is 6.10 Å². The van der Waals surface area contributed by atoms with E-state index in [9.17, 15) is 5.11 Å². The van der Waals surface area contributed by atoms with Crippen molar-refractivity contribution >= 4 is 11.3 Å². The lowest BCUT2D eigenvalue weighted by atomic mass is 10.1. The molecule has 0 aliphatic rings. The highest BCUT2D eigenvalue weighted by molar-refractivity contribution is 7.07. The molecule has 0 aliphatic heterocycles. The Balaban J connectivity index is 2.51. The molecule has 1 aromatic rings. The van der Waals surface area contributed by atoms with Crippen molar-refractivity contribution in [1.29, 1.82) is 0 Å². The minimum absolute atomic E-state index is 0.199. The molecular formula is C16H29NO2S. The highest BCUT2D eigenvalue weighted by Crippen LogP contribution is 2.15. The van der Waals surface area contributed by atoms with Gasteiger partial charge in [0.25, 0.3) is 0 Å². The monoisotopic (exact) mass is 299 g/mol. The topological polar surface area (TPSA) is 32.7 Å². The van der Waals surface area contributed by atoms with Gasteiger partial charge in [-0.3, -0.25) is 4.90 Å². The lowest BCUT2D eigenvalue weighted by Gasteiger charge is -2.31. The van der Waals surface area contributed by atoms with Crippen LogP contribution in [0.2, 0.25) is 0 Å². The standard InChI is InChI=1S/C16H29NO2S/c1-6-13(2)17(9-14-7-8-20-12-14)10-15(18)11-19-16(3,4)5/h7-8,12-13,15,18H,6,9-11H2,1-5H3/t13-,15+/m0/s1. The number of nitrogens with zero attached hydrogens (tertiary/aromatic N) is 1. The summed E-state index contributed by atoms with van der Waals surface area (Å²) in [7, 11) is 0. The van der Waals surface area contributed by atoms with Gasteiger partial charge < -0.3 is 9.84 Å². The van der Waals surface area contributed by atoms with E-state index in [4.69, 9.17) is 4.74 Å². The molecule has 20 heavy (non-hydrogen) atoms. The van der Waals surface area contributed by atoms with Gasteiger partial charge in [0.1, 0.15) is 0 Å². The second kappa shape index (κ2) is 8.13. The zero-order valence-electron chi connectivity index (χ0n) is 13.4. The zero-order chi connectivity index (χ0) is 15.2. The summed E-state index contributed by atoms with van der Waals surface area (Å²) in [5.41, 5.74) is 1.12. The molecule has 1 rings (SSSR count). The Morgan fingerprint density at radius 1 is 1.40 bits per heavy atom. The van der Waals surface area contributed by atoms with E-state index in [2.05, 4.69) is 35.6 Å². The SMILES string of the molecule is CC[C@H](C)N(Cc1ccsc1)C[C@@H](O)COC(C)(C)C. The average molecular weight is 299 g/mol. The molecule has 0 unspecified atom stereocenters. The van der Waals surface area contributed by atoms with Crippen molar-refractivity contribution < 1.29 is 9.84 Å². The van der Waals surface area contributed by atoms with Gasteiger partial charge >= 0.3 is 0 Å². The fraction of sp³-hybridized carbons (Fsp3) is 0.750. The van der Waals surface area contributed by atoms with Crippen LogP contribution in [0.15, 0.2) is 16.8 Å². The predicted molar refractivity (Wildman–Crippen MR) is 86.2 cm³/mol. The van der Waals surface area contributed by atoms with Crippen LogP contribution in [0.5, 0.6) is 0 Å². The van der Waals surface area contributed by atoms with Crippen molar-refractivity contribution in [1.82, 2.24) is 4.90 Å². The first kappa shape index (κ1) is 17.6. The first-order valence-electron chi connectivity index (χ1n) is 7.39. The molecule has 1 heterocycles. The molecule has 0 aromatic carbocycles.